The van der Waals surface area contributed by atoms with Gasteiger partial charge in [-0.15, -0.1) is 0 Å². The van der Waals surface area contributed by atoms with Crippen LogP contribution in [0, 0.1) is 6.92 Å². The van der Waals surface area contributed by atoms with E-state index < -0.39 is 10.0 Å². The molecule has 0 saturated heterocycles. The molecule has 156 valence electrons. The van der Waals surface area contributed by atoms with Crippen molar-refractivity contribution in [2.24, 2.45) is 0 Å². The summed E-state index contributed by atoms with van der Waals surface area (Å²) in [6.45, 7) is 4.20. The average Bonchev–Trinajstić information content (AvgIpc) is 2.75. The van der Waals surface area contributed by atoms with Crippen molar-refractivity contribution in [2.75, 3.05) is 7.05 Å². The maximum absolute atomic E-state index is 12.7. The molecule has 0 aliphatic heterocycles. The predicted molar refractivity (Wildman–Crippen MR) is 119 cm³/mol. The number of benzene rings is 3. The summed E-state index contributed by atoms with van der Waals surface area (Å²) in [4.78, 5) is 12.9. The molecular weight excluding hydrogens is 396 g/mol. The fraction of sp³-hybridized carbons (Fsp3) is 0.208. The molecule has 0 aromatic heterocycles. The van der Waals surface area contributed by atoms with Gasteiger partial charge in [0.2, 0.25) is 10.0 Å². The second kappa shape index (κ2) is 9.24. The van der Waals surface area contributed by atoms with E-state index in [1.54, 1.807) is 61.6 Å². The molecular formula is C24H26N2O3S. The Morgan fingerprint density at radius 2 is 1.53 bits per heavy atom. The molecule has 30 heavy (non-hydrogen) atoms. The van der Waals surface area contributed by atoms with Crippen LogP contribution in [0.3, 0.4) is 0 Å². The number of aryl methyl sites for hydroxylation is 1. The minimum atomic E-state index is -3.56. The van der Waals surface area contributed by atoms with Gasteiger partial charge in [-0.1, -0.05) is 54.6 Å². The SMILES string of the molecule is Cc1ccccc1[C@@H](C)NC(=O)c1ccc(CN(C)S(=O)(=O)c2ccccc2)cc1. The third kappa shape index (κ3) is 4.96. The fourth-order valence-electron chi connectivity index (χ4n) is 3.31. The van der Waals surface area contributed by atoms with Gasteiger partial charge in [0.1, 0.15) is 0 Å². The smallest absolute Gasteiger partial charge is 0.251 e. The molecule has 3 aromatic rings. The van der Waals surface area contributed by atoms with Gasteiger partial charge in [0, 0.05) is 19.2 Å². The first-order chi connectivity index (χ1) is 14.3. The van der Waals surface area contributed by atoms with Crippen molar-refractivity contribution in [1.82, 2.24) is 9.62 Å². The Kier molecular flexibility index (Phi) is 6.70. The molecule has 6 heteroatoms. The molecule has 1 N–H and O–H groups in total. The van der Waals surface area contributed by atoms with Crippen LogP contribution in [0.25, 0.3) is 0 Å². The average molecular weight is 423 g/mol. The van der Waals surface area contributed by atoms with Crippen molar-refractivity contribution in [2.45, 2.75) is 31.3 Å². The lowest BCUT2D eigenvalue weighted by atomic mass is 10.0. The number of nitrogens with zero attached hydrogens (tertiary/aromatic N) is 1. The molecule has 1 amide bonds. The zero-order valence-electron chi connectivity index (χ0n) is 17.4. The van der Waals surface area contributed by atoms with E-state index in [-0.39, 0.29) is 23.4 Å². The van der Waals surface area contributed by atoms with Crippen LogP contribution >= 0.6 is 0 Å². The summed E-state index contributed by atoms with van der Waals surface area (Å²) >= 11 is 0. The molecule has 0 radical (unpaired) electrons. The van der Waals surface area contributed by atoms with Gasteiger partial charge in [0.25, 0.3) is 5.91 Å². The minimum absolute atomic E-state index is 0.111. The first-order valence-corrected chi connectivity index (χ1v) is 11.2. The lowest BCUT2D eigenvalue weighted by Crippen LogP contribution is -2.27. The van der Waals surface area contributed by atoms with E-state index in [9.17, 15) is 13.2 Å². The third-order valence-corrected chi connectivity index (χ3v) is 6.89. The second-order valence-electron chi connectivity index (χ2n) is 7.32. The number of amides is 1. The number of hydrogen-bond donors (Lipinski definition) is 1. The molecule has 0 aliphatic carbocycles. The van der Waals surface area contributed by atoms with Crippen molar-refractivity contribution >= 4 is 15.9 Å². The van der Waals surface area contributed by atoms with E-state index in [1.165, 1.54) is 4.31 Å². The normalized spacial score (nSPS) is 12.5. The van der Waals surface area contributed by atoms with Crippen LogP contribution < -0.4 is 5.32 Å². The van der Waals surface area contributed by atoms with Gasteiger partial charge in [0.15, 0.2) is 0 Å². The van der Waals surface area contributed by atoms with E-state index >= 15 is 0 Å². The molecule has 3 aromatic carbocycles. The maximum Gasteiger partial charge on any atom is 0.251 e. The highest BCUT2D eigenvalue weighted by Gasteiger charge is 2.20. The highest BCUT2D eigenvalue weighted by molar-refractivity contribution is 7.89. The number of carbonyl (C=O) groups is 1. The van der Waals surface area contributed by atoms with Crippen LogP contribution in [-0.2, 0) is 16.6 Å². The molecule has 3 rings (SSSR count). The summed E-state index contributed by atoms with van der Waals surface area (Å²) in [6, 6.07) is 23.2. The summed E-state index contributed by atoms with van der Waals surface area (Å²) in [7, 11) is -2.01. The van der Waals surface area contributed by atoms with E-state index in [0.717, 1.165) is 16.7 Å². The zero-order chi connectivity index (χ0) is 21.7. The summed E-state index contributed by atoms with van der Waals surface area (Å²) < 4.78 is 26.6. The van der Waals surface area contributed by atoms with Crippen LogP contribution in [0.4, 0.5) is 0 Å². The zero-order valence-corrected chi connectivity index (χ0v) is 18.2. The standard InChI is InChI=1S/C24H26N2O3S/c1-18-9-7-8-12-23(18)19(2)25-24(27)21-15-13-20(14-16-21)17-26(3)30(28,29)22-10-5-4-6-11-22/h4-16,19H,17H2,1-3H3,(H,25,27)/t19-/m1/s1. The largest absolute Gasteiger partial charge is 0.346 e. The molecule has 5 nitrogen and oxygen atoms in total. The Labute approximate surface area is 178 Å². The minimum Gasteiger partial charge on any atom is -0.346 e. The van der Waals surface area contributed by atoms with Crippen LogP contribution in [0.1, 0.15) is 40.0 Å². The van der Waals surface area contributed by atoms with Gasteiger partial charge >= 0.3 is 0 Å². The maximum atomic E-state index is 12.7. The van der Waals surface area contributed by atoms with Crippen molar-refractivity contribution in [3.63, 3.8) is 0 Å². The number of nitrogens with one attached hydrogen (secondary N) is 1. The molecule has 0 fully saturated rings. The fourth-order valence-corrected chi connectivity index (χ4v) is 4.49. The van der Waals surface area contributed by atoms with Crippen LogP contribution in [0.2, 0.25) is 0 Å². The molecule has 0 heterocycles. The van der Waals surface area contributed by atoms with Gasteiger partial charge in [-0.2, -0.15) is 4.31 Å². The quantitative estimate of drug-likeness (QED) is 0.617. The van der Waals surface area contributed by atoms with Gasteiger partial charge in [-0.3, -0.25) is 4.79 Å². The number of sulfonamides is 1. The summed E-state index contributed by atoms with van der Waals surface area (Å²) in [5.74, 6) is -0.164. The van der Waals surface area contributed by atoms with E-state index in [4.69, 9.17) is 0 Å². The Balaban J connectivity index is 1.66. The summed E-state index contributed by atoms with van der Waals surface area (Å²) in [5, 5.41) is 3.01. The van der Waals surface area contributed by atoms with E-state index in [0.29, 0.717) is 5.56 Å². The molecule has 0 saturated carbocycles. The predicted octanol–water partition coefficient (Wildman–Crippen LogP) is 4.31. The Hall–Kier alpha value is -2.96. The van der Waals surface area contributed by atoms with Crippen LogP contribution in [0.5, 0.6) is 0 Å². The highest BCUT2D eigenvalue weighted by Crippen LogP contribution is 2.19. The number of rotatable bonds is 7. The van der Waals surface area contributed by atoms with Crippen LogP contribution in [0.15, 0.2) is 83.8 Å². The van der Waals surface area contributed by atoms with Gasteiger partial charge in [0.05, 0.1) is 10.9 Å². The van der Waals surface area contributed by atoms with E-state index in [1.807, 2.05) is 38.1 Å². The lowest BCUT2D eigenvalue weighted by molar-refractivity contribution is 0.0940. The Bertz CT molecular complexity index is 1110. The molecule has 0 unspecified atom stereocenters. The van der Waals surface area contributed by atoms with Gasteiger partial charge < -0.3 is 5.32 Å². The first-order valence-electron chi connectivity index (χ1n) is 9.76. The molecule has 0 aliphatic rings. The summed E-state index contributed by atoms with van der Waals surface area (Å²) in [5.41, 5.74) is 3.55. The monoisotopic (exact) mass is 422 g/mol. The Morgan fingerprint density at radius 1 is 0.933 bits per heavy atom. The topological polar surface area (TPSA) is 66.5 Å². The van der Waals surface area contributed by atoms with Gasteiger partial charge in [-0.05, 0) is 54.8 Å². The Morgan fingerprint density at radius 3 is 2.17 bits per heavy atom. The van der Waals surface area contributed by atoms with E-state index in [2.05, 4.69) is 5.32 Å². The van der Waals surface area contributed by atoms with Gasteiger partial charge in [-0.25, -0.2) is 8.42 Å². The molecule has 0 bridgehead atoms. The van der Waals surface area contributed by atoms with Crippen molar-refractivity contribution < 1.29 is 13.2 Å². The molecule has 1 atom stereocenters. The van der Waals surface area contributed by atoms with Crippen LogP contribution in [-0.4, -0.2) is 25.7 Å². The van der Waals surface area contributed by atoms with Crippen molar-refractivity contribution in [3.05, 3.63) is 101 Å². The first kappa shape index (κ1) is 21.7. The van der Waals surface area contributed by atoms with Crippen molar-refractivity contribution in [1.29, 1.82) is 0 Å². The molecule has 0 spiro atoms. The third-order valence-electron chi connectivity index (χ3n) is 5.08. The second-order valence-corrected chi connectivity index (χ2v) is 9.37. The summed E-state index contributed by atoms with van der Waals surface area (Å²) in [6.07, 6.45) is 0. The van der Waals surface area contributed by atoms with Crippen molar-refractivity contribution in [3.8, 4) is 0 Å². The highest BCUT2D eigenvalue weighted by atomic mass is 32.2. The number of carbonyl (C=O) groups excluding carboxylic acids is 1. The lowest BCUT2D eigenvalue weighted by Gasteiger charge is -2.18. The number of hydrogen-bond acceptors (Lipinski definition) is 3.